The Morgan fingerprint density at radius 2 is 0.913 bits per heavy atom. The molecule has 0 fully saturated rings. The second-order valence-electron chi connectivity index (χ2n) is 11.6. The highest BCUT2D eigenvalue weighted by Gasteiger charge is 2.43. The molecular weight excluding hydrogens is 573 g/mol. The Bertz CT molecular complexity index is 2200. The van der Waals surface area contributed by atoms with Gasteiger partial charge in [-0.05, 0) is 68.3 Å². The quantitative estimate of drug-likeness (QED) is 0.142. The minimum absolute atomic E-state index is 0.667. The number of fused-ring (bicyclic) bond motifs is 3. The Labute approximate surface area is 270 Å². The van der Waals surface area contributed by atoms with Crippen molar-refractivity contribution in [3.05, 3.63) is 188 Å². The maximum atomic E-state index is 10.2. The molecule has 0 aliphatic carbocycles. The van der Waals surface area contributed by atoms with Crippen LogP contribution in [0.25, 0.3) is 38.6 Å². The van der Waals surface area contributed by atoms with Gasteiger partial charge in [0.15, 0.2) is 8.07 Å². The SMILES string of the molecule is N#Cc1ccc(-c2ccc(-n3c4ccccc4c4ccccc43)cc2)c([Si](c2ccccc2)(c2ccccc2)c2ccccc2)c1. The van der Waals surface area contributed by atoms with E-state index in [1.165, 1.54) is 42.6 Å². The number of hydrogen-bond donors (Lipinski definition) is 0. The molecule has 8 aromatic rings. The largest absolute Gasteiger partial charge is 0.309 e. The van der Waals surface area contributed by atoms with Crippen LogP contribution in [0, 0.1) is 11.3 Å². The zero-order valence-electron chi connectivity index (χ0n) is 25.2. The van der Waals surface area contributed by atoms with E-state index in [4.69, 9.17) is 0 Å². The van der Waals surface area contributed by atoms with Crippen molar-refractivity contribution in [1.82, 2.24) is 4.57 Å². The zero-order chi connectivity index (χ0) is 30.9. The third-order valence-electron chi connectivity index (χ3n) is 9.19. The van der Waals surface area contributed by atoms with Crippen LogP contribution in [0.5, 0.6) is 0 Å². The summed E-state index contributed by atoms with van der Waals surface area (Å²) in [6.07, 6.45) is 0. The average Bonchev–Trinajstić information content (AvgIpc) is 3.48. The molecule has 0 aliphatic rings. The third kappa shape index (κ3) is 4.39. The molecule has 0 aliphatic heterocycles. The second-order valence-corrected chi connectivity index (χ2v) is 15.4. The first-order valence-corrected chi connectivity index (χ1v) is 17.6. The average molecular weight is 603 g/mol. The standard InChI is InChI=1S/C43H30N2Si/c44-31-32-24-29-38(33-25-27-34(28-26-33)45-41-22-12-10-20-39(41)40-21-11-13-23-42(40)45)43(30-32)46(35-14-4-1-5-15-35,36-16-6-2-7-17-36)37-18-8-3-9-19-37/h1-30H. The number of aromatic nitrogens is 1. The lowest BCUT2D eigenvalue weighted by Crippen LogP contribution is -2.75. The van der Waals surface area contributed by atoms with Crippen LogP contribution in [0.4, 0.5) is 0 Å². The minimum atomic E-state index is -2.87. The molecule has 8 rings (SSSR count). The third-order valence-corrected chi connectivity index (χ3v) is 14.0. The van der Waals surface area contributed by atoms with E-state index in [0.717, 1.165) is 16.8 Å². The topological polar surface area (TPSA) is 28.7 Å². The highest BCUT2D eigenvalue weighted by Crippen LogP contribution is 2.32. The van der Waals surface area contributed by atoms with Gasteiger partial charge in [-0.15, -0.1) is 0 Å². The molecule has 0 N–H and O–H groups in total. The van der Waals surface area contributed by atoms with Gasteiger partial charge in [0.05, 0.1) is 22.7 Å². The Balaban J connectivity index is 1.39. The van der Waals surface area contributed by atoms with E-state index in [0.29, 0.717) is 5.56 Å². The smallest absolute Gasteiger partial charge is 0.180 e. The van der Waals surface area contributed by atoms with Crippen molar-refractivity contribution in [2.75, 3.05) is 0 Å². The van der Waals surface area contributed by atoms with Gasteiger partial charge in [0.1, 0.15) is 0 Å². The lowest BCUT2D eigenvalue weighted by atomic mass is 10.0. The molecular formula is C43H30N2Si. The van der Waals surface area contributed by atoms with Crippen LogP contribution >= 0.6 is 0 Å². The van der Waals surface area contributed by atoms with Crippen LogP contribution in [0.3, 0.4) is 0 Å². The zero-order valence-corrected chi connectivity index (χ0v) is 26.2. The Hall–Kier alpha value is -5.95. The maximum absolute atomic E-state index is 10.2. The monoisotopic (exact) mass is 602 g/mol. The van der Waals surface area contributed by atoms with Gasteiger partial charge in [-0.3, -0.25) is 0 Å². The van der Waals surface area contributed by atoms with Gasteiger partial charge in [-0.1, -0.05) is 146 Å². The van der Waals surface area contributed by atoms with E-state index >= 15 is 0 Å². The van der Waals surface area contributed by atoms with Crippen LogP contribution in [0.1, 0.15) is 5.56 Å². The van der Waals surface area contributed by atoms with Crippen molar-refractivity contribution < 1.29 is 0 Å². The Morgan fingerprint density at radius 3 is 1.39 bits per heavy atom. The summed E-state index contributed by atoms with van der Waals surface area (Å²) < 4.78 is 2.35. The van der Waals surface area contributed by atoms with Gasteiger partial charge in [-0.25, -0.2) is 0 Å². The fourth-order valence-corrected chi connectivity index (χ4v) is 12.2. The van der Waals surface area contributed by atoms with Gasteiger partial charge in [0, 0.05) is 16.5 Å². The molecule has 3 heteroatoms. The number of nitrogens with zero attached hydrogens (tertiary/aromatic N) is 2. The molecule has 0 saturated carbocycles. The minimum Gasteiger partial charge on any atom is -0.309 e. The van der Waals surface area contributed by atoms with Gasteiger partial charge >= 0.3 is 0 Å². The van der Waals surface area contributed by atoms with Gasteiger partial charge < -0.3 is 4.57 Å². The van der Waals surface area contributed by atoms with Crippen molar-refractivity contribution >= 4 is 50.6 Å². The summed E-state index contributed by atoms with van der Waals surface area (Å²) in [7, 11) is -2.87. The molecule has 1 aromatic heterocycles. The number of nitriles is 1. The lowest BCUT2D eigenvalue weighted by Gasteiger charge is -2.36. The predicted octanol–water partition coefficient (Wildman–Crippen LogP) is 7.70. The first-order chi connectivity index (χ1) is 22.8. The van der Waals surface area contributed by atoms with E-state index in [1.807, 2.05) is 6.07 Å². The van der Waals surface area contributed by atoms with Crippen molar-refractivity contribution in [2.45, 2.75) is 0 Å². The van der Waals surface area contributed by atoms with E-state index in [9.17, 15) is 5.26 Å². The molecule has 0 radical (unpaired) electrons. The van der Waals surface area contributed by atoms with Crippen LogP contribution in [-0.2, 0) is 0 Å². The van der Waals surface area contributed by atoms with Crippen molar-refractivity contribution in [2.24, 2.45) is 0 Å². The van der Waals surface area contributed by atoms with Crippen LogP contribution < -0.4 is 20.7 Å². The summed E-state index contributed by atoms with van der Waals surface area (Å²) in [5.41, 5.74) is 6.45. The molecule has 46 heavy (non-hydrogen) atoms. The lowest BCUT2D eigenvalue weighted by molar-refractivity contribution is 1.18. The highest BCUT2D eigenvalue weighted by molar-refractivity contribution is 7.20. The first-order valence-electron chi connectivity index (χ1n) is 15.6. The Kier molecular flexibility index (Phi) is 6.91. The normalized spacial score (nSPS) is 11.5. The molecule has 2 nitrogen and oxygen atoms in total. The molecule has 216 valence electrons. The summed E-state index contributed by atoms with van der Waals surface area (Å²) in [5, 5.41) is 17.7. The number of hydrogen-bond acceptors (Lipinski definition) is 1. The molecule has 0 amide bonds. The van der Waals surface area contributed by atoms with Crippen molar-refractivity contribution in [3.8, 4) is 22.9 Å². The summed E-state index contributed by atoms with van der Waals surface area (Å²) in [6, 6.07) is 67.5. The van der Waals surface area contributed by atoms with Crippen LogP contribution in [0.2, 0.25) is 0 Å². The molecule has 0 unspecified atom stereocenters. The number of benzene rings is 7. The second kappa shape index (κ2) is 11.5. The molecule has 0 atom stereocenters. The number of rotatable bonds is 6. The highest BCUT2D eigenvalue weighted by atomic mass is 28.3. The fourth-order valence-electron chi connectivity index (χ4n) is 7.20. The fraction of sp³-hybridized carbons (Fsp3) is 0. The van der Waals surface area contributed by atoms with Crippen molar-refractivity contribution in [1.29, 1.82) is 5.26 Å². The summed E-state index contributed by atoms with van der Waals surface area (Å²) in [5.74, 6) is 0. The molecule has 0 saturated heterocycles. The van der Waals surface area contributed by atoms with Gasteiger partial charge in [0.25, 0.3) is 0 Å². The summed E-state index contributed by atoms with van der Waals surface area (Å²) in [6.45, 7) is 0. The van der Waals surface area contributed by atoms with E-state index in [1.54, 1.807) is 0 Å². The Morgan fingerprint density at radius 1 is 0.457 bits per heavy atom. The maximum Gasteiger partial charge on any atom is 0.180 e. The summed E-state index contributed by atoms with van der Waals surface area (Å²) in [4.78, 5) is 0. The van der Waals surface area contributed by atoms with Crippen LogP contribution in [-0.4, -0.2) is 12.6 Å². The van der Waals surface area contributed by atoms with Crippen molar-refractivity contribution in [3.63, 3.8) is 0 Å². The van der Waals surface area contributed by atoms with E-state index in [2.05, 4.69) is 187 Å². The van der Waals surface area contributed by atoms with E-state index < -0.39 is 8.07 Å². The van der Waals surface area contributed by atoms with Gasteiger partial charge in [0.2, 0.25) is 0 Å². The van der Waals surface area contributed by atoms with Crippen LogP contribution in [0.15, 0.2) is 182 Å². The first kappa shape index (κ1) is 27.6. The predicted molar refractivity (Wildman–Crippen MR) is 195 cm³/mol. The molecule has 7 aromatic carbocycles. The summed E-state index contributed by atoms with van der Waals surface area (Å²) >= 11 is 0. The molecule has 1 heterocycles. The van der Waals surface area contributed by atoms with E-state index in [-0.39, 0.29) is 0 Å². The molecule has 0 bridgehead atoms. The van der Waals surface area contributed by atoms with Gasteiger partial charge in [-0.2, -0.15) is 5.26 Å². The molecule has 0 spiro atoms. The number of para-hydroxylation sites is 2.